The summed E-state index contributed by atoms with van der Waals surface area (Å²) in [6, 6.07) is 20.0. The lowest BCUT2D eigenvalue weighted by Crippen LogP contribution is -2.35. The molecule has 1 fully saturated rings. The first-order valence-electron chi connectivity index (χ1n) is 11.8. The van der Waals surface area contributed by atoms with Crippen LogP contribution < -0.4 is 9.47 Å². The molecule has 1 aliphatic heterocycles. The van der Waals surface area contributed by atoms with Crippen LogP contribution in [0.1, 0.15) is 13.3 Å². The van der Waals surface area contributed by atoms with Crippen LogP contribution in [0.2, 0.25) is 0 Å². The van der Waals surface area contributed by atoms with Gasteiger partial charge in [0.15, 0.2) is 5.75 Å². The van der Waals surface area contributed by atoms with E-state index in [0.29, 0.717) is 18.1 Å². The number of thiophene rings is 1. The average Bonchev–Trinajstić information content (AvgIpc) is 3.49. The number of nitrogens with zero attached hydrogens (tertiary/aromatic N) is 1. The summed E-state index contributed by atoms with van der Waals surface area (Å²) in [6.07, 6.45) is 0.913. The Morgan fingerprint density at radius 1 is 1.00 bits per heavy atom. The van der Waals surface area contributed by atoms with Crippen LogP contribution in [0, 0.1) is 5.92 Å². The fourth-order valence-electron chi connectivity index (χ4n) is 4.40. The van der Waals surface area contributed by atoms with Crippen molar-refractivity contribution in [3.63, 3.8) is 0 Å². The van der Waals surface area contributed by atoms with Crippen molar-refractivity contribution < 1.29 is 24.1 Å². The van der Waals surface area contributed by atoms with Crippen LogP contribution in [-0.4, -0.2) is 47.5 Å². The topological polar surface area (TPSA) is 62.2 Å². The van der Waals surface area contributed by atoms with E-state index in [2.05, 4.69) is 11.8 Å². The number of phenolic OH excluding ortho intramolecular Hbond substituents is 2. The third-order valence-corrected chi connectivity index (χ3v) is 7.63. The van der Waals surface area contributed by atoms with E-state index in [1.54, 1.807) is 24.3 Å². The molecule has 0 aliphatic carbocycles. The molecular weight excluding hydrogens is 465 g/mol. The Labute approximate surface area is 208 Å². The summed E-state index contributed by atoms with van der Waals surface area (Å²) >= 11 is 1.53. The van der Waals surface area contributed by atoms with Crippen molar-refractivity contribution in [2.45, 2.75) is 19.4 Å². The third-order valence-electron chi connectivity index (χ3n) is 6.45. The maximum Gasteiger partial charge on any atom is 0.153 e. The Morgan fingerprint density at radius 2 is 1.71 bits per heavy atom. The predicted octanol–water partition coefficient (Wildman–Crippen LogP) is 6.83. The molecule has 35 heavy (non-hydrogen) atoms. The lowest BCUT2D eigenvalue weighted by atomic mass is 10.1. The highest BCUT2D eigenvalue weighted by Crippen LogP contribution is 2.47. The van der Waals surface area contributed by atoms with Gasteiger partial charge in [0.2, 0.25) is 0 Å². The normalized spacial score (nSPS) is 17.0. The fraction of sp³-hybridized carbons (Fsp3) is 0.286. The van der Waals surface area contributed by atoms with Gasteiger partial charge in [0.1, 0.15) is 29.6 Å². The first-order valence-corrected chi connectivity index (χ1v) is 12.6. The number of hydrogen-bond donors (Lipinski definition) is 2. The van der Waals surface area contributed by atoms with Crippen molar-refractivity contribution in [3.8, 4) is 39.2 Å². The van der Waals surface area contributed by atoms with Crippen molar-refractivity contribution in [3.05, 3.63) is 66.7 Å². The zero-order chi connectivity index (χ0) is 24.4. The molecule has 1 saturated heterocycles. The SMILES string of the molecule is C[C@@H](COc1ccc(Oc2c(-c3ccc(O)cc3)sc3cc(O)ccc23)cc1)N1CC[C@@H](CF)C1. The molecule has 5 nitrogen and oxygen atoms in total. The van der Waals surface area contributed by atoms with Crippen LogP contribution in [0.15, 0.2) is 66.7 Å². The number of alkyl halides is 1. The van der Waals surface area contributed by atoms with Gasteiger partial charge in [-0.3, -0.25) is 9.29 Å². The molecule has 7 heteroatoms. The Morgan fingerprint density at radius 3 is 2.43 bits per heavy atom. The highest BCUT2D eigenvalue weighted by molar-refractivity contribution is 7.22. The van der Waals surface area contributed by atoms with Crippen molar-refractivity contribution in [1.82, 2.24) is 4.90 Å². The van der Waals surface area contributed by atoms with Gasteiger partial charge >= 0.3 is 0 Å². The molecule has 0 bridgehead atoms. The van der Waals surface area contributed by atoms with Crippen LogP contribution >= 0.6 is 11.3 Å². The van der Waals surface area contributed by atoms with Gasteiger partial charge in [-0.15, -0.1) is 11.3 Å². The molecule has 0 unspecified atom stereocenters. The quantitative estimate of drug-likeness (QED) is 0.282. The Hall–Kier alpha value is -3.29. The minimum atomic E-state index is -0.249. The minimum absolute atomic E-state index is 0.150. The van der Waals surface area contributed by atoms with Crippen LogP contribution in [-0.2, 0) is 0 Å². The van der Waals surface area contributed by atoms with E-state index in [9.17, 15) is 14.6 Å². The third kappa shape index (κ3) is 5.21. The van der Waals surface area contributed by atoms with Gasteiger partial charge in [-0.25, -0.2) is 0 Å². The van der Waals surface area contributed by atoms with Crippen molar-refractivity contribution in [2.75, 3.05) is 26.4 Å². The summed E-state index contributed by atoms with van der Waals surface area (Å²) in [5.41, 5.74) is 0.921. The van der Waals surface area contributed by atoms with E-state index in [4.69, 9.17) is 9.47 Å². The van der Waals surface area contributed by atoms with Gasteiger partial charge in [0, 0.05) is 28.6 Å². The molecule has 0 saturated carbocycles. The summed E-state index contributed by atoms with van der Waals surface area (Å²) in [4.78, 5) is 3.20. The maximum atomic E-state index is 12.9. The Balaban J connectivity index is 1.32. The van der Waals surface area contributed by atoms with E-state index in [0.717, 1.165) is 45.8 Å². The van der Waals surface area contributed by atoms with Gasteiger partial charge in [-0.05, 0) is 92.2 Å². The lowest BCUT2D eigenvalue weighted by molar-refractivity contribution is 0.165. The van der Waals surface area contributed by atoms with Crippen LogP contribution in [0.4, 0.5) is 4.39 Å². The number of phenols is 2. The molecule has 1 aliphatic rings. The van der Waals surface area contributed by atoms with Gasteiger partial charge in [-0.1, -0.05) is 0 Å². The largest absolute Gasteiger partial charge is 0.508 e. The van der Waals surface area contributed by atoms with Crippen LogP contribution in [0.3, 0.4) is 0 Å². The Kier molecular flexibility index (Phi) is 6.79. The fourth-order valence-corrected chi connectivity index (χ4v) is 5.57. The highest BCUT2D eigenvalue weighted by atomic mass is 32.1. The molecule has 0 amide bonds. The van der Waals surface area contributed by atoms with E-state index >= 15 is 0 Å². The molecule has 1 aromatic heterocycles. The number of ether oxygens (including phenoxy) is 2. The average molecular weight is 494 g/mol. The monoisotopic (exact) mass is 493 g/mol. The van der Waals surface area contributed by atoms with Crippen molar-refractivity contribution in [1.29, 1.82) is 0 Å². The number of hydrogen-bond acceptors (Lipinski definition) is 6. The molecule has 2 atom stereocenters. The lowest BCUT2D eigenvalue weighted by Gasteiger charge is -2.24. The first-order chi connectivity index (χ1) is 17.0. The number of rotatable bonds is 8. The van der Waals surface area contributed by atoms with Gasteiger partial charge in [0.05, 0.1) is 11.6 Å². The molecule has 4 aromatic rings. The van der Waals surface area contributed by atoms with Crippen LogP contribution in [0.5, 0.6) is 28.7 Å². The zero-order valence-electron chi connectivity index (χ0n) is 19.5. The van der Waals surface area contributed by atoms with Crippen LogP contribution in [0.25, 0.3) is 20.5 Å². The predicted molar refractivity (Wildman–Crippen MR) is 138 cm³/mol. The number of aromatic hydroxyl groups is 2. The second-order valence-corrected chi connectivity index (χ2v) is 10.1. The zero-order valence-corrected chi connectivity index (χ0v) is 20.3. The first kappa shape index (κ1) is 23.5. The molecule has 0 radical (unpaired) electrons. The number of fused-ring (bicyclic) bond motifs is 1. The van der Waals surface area contributed by atoms with E-state index in [1.807, 2.05) is 42.5 Å². The summed E-state index contributed by atoms with van der Waals surface area (Å²) < 4.78 is 26.1. The molecule has 3 aromatic carbocycles. The molecule has 5 rings (SSSR count). The summed E-state index contributed by atoms with van der Waals surface area (Å²) in [5.74, 6) is 2.68. The second-order valence-electron chi connectivity index (χ2n) is 9.03. The summed E-state index contributed by atoms with van der Waals surface area (Å²) in [5, 5.41) is 20.5. The number of halogens is 1. The number of benzene rings is 3. The minimum Gasteiger partial charge on any atom is -0.508 e. The van der Waals surface area contributed by atoms with E-state index < -0.39 is 0 Å². The summed E-state index contributed by atoms with van der Waals surface area (Å²) in [6.45, 7) is 4.12. The summed E-state index contributed by atoms with van der Waals surface area (Å²) in [7, 11) is 0. The van der Waals surface area contributed by atoms with Gasteiger partial charge in [0.25, 0.3) is 0 Å². The molecule has 182 valence electrons. The standard InChI is InChI=1S/C28H28FNO4S/c1-18(30-13-12-19(15-29)16-30)17-33-23-7-9-24(10-8-23)34-27-25-11-6-22(32)14-26(25)35-28(27)20-2-4-21(31)5-3-20/h2-11,14,18-19,31-32H,12-13,15-17H2,1H3/t18-,19-/m0/s1. The Bertz CT molecular complexity index is 1290. The maximum absolute atomic E-state index is 12.9. The molecular formula is C28H28FNO4S. The van der Waals surface area contributed by atoms with Gasteiger partial charge < -0.3 is 19.7 Å². The molecule has 0 spiro atoms. The molecule has 2 heterocycles. The van der Waals surface area contributed by atoms with E-state index in [-0.39, 0.29) is 30.1 Å². The molecule has 2 N–H and O–H groups in total. The highest BCUT2D eigenvalue weighted by Gasteiger charge is 2.26. The van der Waals surface area contributed by atoms with E-state index in [1.165, 1.54) is 11.3 Å². The smallest absolute Gasteiger partial charge is 0.153 e. The van der Waals surface area contributed by atoms with Crippen molar-refractivity contribution >= 4 is 21.4 Å². The second kappa shape index (κ2) is 10.1. The number of likely N-dealkylation sites (tertiary alicyclic amines) is 1. The van der Waals surface area contributed by atoms with Crippen molar-refractivity contribution in [2.24, 2.45) is 5.92 Å². The van der Waals surface area contributed by atoms with Gasteiger partial charge in [-0.2, -0.15) is 0 Å².